The molecule has 2 aromatic rings. The summed E-state index contributed by atoms with van der Waals surface area (Å²) in [5, 5.41) is 11.6. The lowest BCUT2D eigenvalue weighted by Gasteiger charge is -2.32. The van der Waals surface area contributed by atoms with Crippen molar-refractivity contribution in [3.05, 3.63) is 65.1 Å². The zero-order valence-electron chi connectivity index (χ0n) is 18.1. The minimum absolute atomic E-state index is 0.0805. The van der Waals surface area contributed by atoms with Crippen molar-refractivity contribution in [1.82, 2.24) is 15.3 Å². The van der Waals surface area contributed by atoms with E-state index in [2.05, 4.69) is 15.3 Å². The van der Waals surface area contributed by atoms with Crippen LogP contribution in [0.1, 0.15) is 44.6 Å². The van der Waals surface area contributed by atoms with Crippen molar-refractivity contribution < 1.29 is 18.8 Å². The smallest absolute Gasteiger partial charge is 0.445 e. The van der Waals surface area contributed by atoms with Crippen LogP contribution in [0.15, 0.2) is 48.2 Å². The molecule has 8 nitrogen and oxygen atoms in total. The van der Waals surface area contributed by atoms with E-state index in [0.29, 0.717) is 11.0 Å². The van der Waals surface area contributed by atoms with Crippen LogP contribution in [-0.2, 0) is 20.7 Å². The largest absolute Gasteiger partial charge is 0.492 e. The van der Waals surface area contributed by atoms with Crippen molar-refractivity contribution in [2.45, 2.75) is 45.5 Å². The van der Waals surface area contributed by atoms with E-state index in [0.717, 1.165) is 5.56 Å². The van der Waals surface area contributed by atoms with E-state index < -0.39 is 24.4 Å². The Kier molecular flexibility index (Phi) is 6.73. The molecule has 0 spiro atoms. The molecule has 0 atom stereocenters. The van der Waals surface area contributed by atoms with Crippen LogP contribution in [0.5, 0.6) is 0 Å². The maximum absolute atomic E-state index is 12.2. The molecule has 0 radical (unpaired) electrons. The van der Waals surface area contributed by atoms with E-state index in [1.54, 1.807) is 6.08 Å². The van der Waals surface area contributed by atoms with Gasteiger partial charge in [0.15, 0.2) is 0 Å². The second-order valence-corrected chi connectivity index (χ2v) is 8.17. The van der Waals surface area contributed by atoms with Gasteiger partial charge in [-0.25, -0.2) is 14.8 Å². The molecule has 9 heteroatoms. The molecule has 0 aliphatic carbocycles. The molecule has 1 fully saturated rings. The van der Waals surface area contributed by atoms with E-state index in [4.69, 9.17) is 19.3 Å². The Morgan fingerprint density at radius 1 is 1.16 bits per heavy atom. The predicted octanol–water partition coefficient (Wildman–Crippen LogP) is 3.29. The molecule has 1 aliphatic rings. The van der Waals surface area contributed by atoms with Crippen LogP contribution in [0.4, 0.5) is 4.79 Å². The van der Waals surface area contributed by atoms with Crippen molar-refractivity contribution in [3.8, 4) is 6.07 Å². The van der Waals surface area contributed by atoms with Crippen LogP contribution >= 0.6 is 0 Å². The van der Waals surface area contributed by atoms with Crippen LogP contribution in [0.25, 0.3) is 6.08 Å². The molecule has 1 aliphatic heterocycles. The van der Waals surface area contributed by atoms with Crippen molar-refractivity contribution in [2.75, 3.05) is 6.54 Å². The van der Waals surface area contributed by atoms with Crippen LogP contribution in [0, 0.1) is 11.3 Å². The monoisotopic (exact) mass is 420 g/mol. The summed E-state index contributed by atoms with van der Waals surface area (Å²) in [7, 11) is -0.671. The fourth-order valence-electron chi connectivity index (χ4n) is 2.83. The highest BCUT2D eigenvalue weighted by molar-refractivity contribution is 6.56. The first-order valence-electron chi connectivity index (χ1n) is 9.93. The molecule has 1 N–H and O–H groups in total. The number of nitrogens with zero attached hydrogens (tertiary/aromatic N) is 3. The van der Waals surface area contributed by atoms with Gasteiger partial charge in [0, 0.05) is 24.5 Å². The van der Waals surface area contributed by atoms with Crippen molar-refractivity contribution in [2.24, 2.45) is 0 Å². The molecule has 1 amide bonds. The lowest BCUT2D eigenvalue weighted by Crippen LogP contribution is -2.41. The minimum Gasteiger partial charge on any atom is -0.445 e. The average Bonchev–Trinajstić information content (AvgIpc) is 2.97. The van der Waals surface area contributed by atoms with Crippen molar-refractivity contribution in [1.29, 1.82) is 5.26 Å². The first-order chi connectivity index (χ1) is 14.7. The Labute approximate surface area is 182 Å². The highest BCUT2D eigenvalue weighted by Crippen LogP contribution is 2.38. The predicted molar refractivity (Wildman–Crippen MR) is 115 cm³/mol. The molecular formula is C22H25BN4O4. The number of ether oxygens (including phenoxy) is 1. The molecule has 1 saturated heterocycles. The molecule has 2 heterocycles. The summed E-state index contributed by atoms with van der Waals surface area (Å²) >= 11 is 0. The number of rotatable bonds is 6. The van der Waals surface area contributed by atoms with Crippen LogP contribution in [0.2, 0.25) is 0 Å². The topological polar surface area (TPSA) is 106 Å². The summed E-state index contributed by atoms with van der Waals surface area (Å²) in [6, 6.07) is 11.3. The second kappa shape index (κ2) is 9.29. The third-order valence-corrected chi connectivity index (χ3v) is 5.33. The Morgan fingerprint density at radius 2 is 1.77 bits per heavy atom. The van der Waals surface area contributed by atoms with Gasteiger partial charge in [-0.3, -0.25) is 0 Å². The van der Waals surface area contributed by atoms with Gasteiger partial charge in [0.05, 0.1) is 11.2 Å². The highest BCUT2D eigenvalue weighted by atomic mass is 16.7. The third-order valence-electron chi connectivity index (χ3n) is 5.33. The van der Waals surface area contributed by atoms with Gasteiger partial charge in [0.1, 0.15) is 12.7 Å². The number of nitrogens with one attached hydrogen (secondary N) is 1. The van der Waals surface area contributed by atoms with Gasteiger partial charge in [-0.1, -0.05) is 36.4 Å². The summed E-state index contributed by atoms with van der Waals surface area (Å²) in [4.78, 5) is 20.2. The first-order valence-corrected chi connectivity index (χ1v) is 9.93. The number of carbonyl (C=O) groups is 1. The summed E-state index contributed by atoms with van der Waals surface area (Å²) < 4.78 is 17.5. The Morgan fingerprint density at radius 3 is 2.35 bits per heavy atom. The molecule has 3 rings (SSSR count). The molecule has 0 bridgehead atoms. The zero-order valence-corrected chi connectivity index (χ0v) is 18.1. The van der Waals surface area contributed by atoms with Gasteiger partial charge in [-0.05, 0) is 38.7 Å². The van der Waals surface area contributed by atoms with Crippen molar-refractivity contribution >= 4 is 19.3 Å². The number of aromatic nitrogens is 2. The van der Waals surface area contributed by atoms with E-state index in [-0.39, 0.29) is 19.0 Å². The lowest BCUT2D eigenvalue weighted by molar-refractivity contribution is 0.00578. The van der Waals surface area contributed by atoms with Gasteiger partial charge < -0.3 is 19.4 Å². The molecule has 1 aromatic carbocycles. The van der Waals surface area contributed by atoms with Gasteiger partial charge in [0.25, 0.3) is 0 Å². The molecule has 0 unspecified atom stereocenters. The fraction of sp³-hybridized carbons (Fsp3) is 0.364. The summed E-state index contributed by atoms with van der Waals surface area (Å²) in [6.45, 7) is 8.14. The number of amides is 1. The minimum atomic E-state index is -0.671. The SMILES string of the molecule is CC1(C)OB(C(=Cc2cnc(C#N)nc2)CNC(=O)OCc2ccccc2)OC1(C)C. The first kappa shape index (κ1) is 22.5. The third kappa shape index (κ3) is 5.69. The summed E-state index contributed by atoms with van der Waals surface area (Å²) in [5.74, 6) is 0.0805. The summed E-state index contributed by atoms with van der Waals surface area (Å²) in [5.41, 5.74) is 1.15. The van der Waals surface area contributed by atoms with Crippen molar-refractivity contribution in [3.63, 3.8) is 0 Å². The molecular weight excluding hydrogens is 395 g/mol. The molecule has 1 aromatic heterocycles. The number of nitriles is 1. The lowest BCUT2D eigenvalue weighted by atomic mass is 9.77. The van der Waals surface area contributed by atoms with E-state index in [1.807, 2.05) is 64.1 Å². The van der Waals surface area contributed by atoms with Gasteiger partial charge in [0.2, 0.25) is 5.82 Å². The standard InChI is InChI=1S/C22H25BN4O4/c1-21(2)22(3,4)31-23(30-21)18(10-17-12-25-19(11-24)26-13-17)14-27-20(28)29-15-16-8-6-5-7-9-16/h5-10,12-13H,14-15H2,1-4H3,(H,27,28). The number of carbonyl (C=O) groups excluding carboxylic acids is 1. The zero-order chi connectivity index (χ0) is 22.5. The molecule has 160 valence electrons. The quantitative estimate of drug-likeness (QED) is 0.715. The average molecular weight is 420 g/mol. The Bertz CT molecular complexity index is 969. The fourth-order valence-corrected chi connectivity index (χ4v) is 2.83. The van der Waals surface area contributed by atoms with E-state index in [9.17, 15) is 4.79 Å². The van der Waals surface area contributed by atoms with E-state index >= 15 is 0 Å². The molecule has 0 saturated carbocycles. The van der Waals surface area contributed by atoms with Gasteiger partial charge in [-0.15, -0.1) is 0 Å². The highest BCUT2D eigenvalue weighted by Gasteiger charge is 2.52. The van der Waals surface area contributed by atoms with Gasteiger partial charge >= 0.3 is 13.2 Å². The summed E-state index contributed by atoms with van der Waals surface area (Å²) in [6.07, 6.45) is 4.29. The normalized spacial score (nSPS) is 17.1. The second-order valence-electron chi connectivity index (χ2n) is 8.17. The number of benzene rings is 1. The van der Waals surface area contributed by atoms with Crippen LogP contribution < -0.4 is 5.32 Å². The number of alkyl carbamates (subject to hydrolysis) is 1. The maximum Gasteiger partial charge on any atom is 0.492 e. The maximum atomic E-state index is 12.2. The van der Waals surface area contributed by atoms with Gasteiger partial charge in [-0.2, -0.15) is 5.26 Å². The number of hydrogen-bond donors (Lipinski definition) is 1. The van der Waals surface area contributed by atoms with Crippen LogP contribution in [-0.4, -0.2) is 40.9 Å². The van der Waals surface area contributed by atoms with E-state index in [1.165, 1.54) is 12.4 Å². The number of hydrogen-bond acceptors (Lipinski definition) is 7. The Balaban J connectivity index is 1.72. The van der Waals surface area contributed by atoms with Crippen LogP contribution in [0.3, 0.4) is 0 Å². The Hall–Kier alpha value is -3.22. The molecule has 31 heavy (non-hydrogen) atoms.